The number of nitrogens with one attached hydrogen (secondary N) is 1. The van der Waals surface area contributed by atoms with Gasteiger partial charge in [-0.3, -0.25) is 9.48 Å². The topological polar surface area (TPSA) is 109 Å². The number of aliphatic hydroxyl groups excluding tert-OH is 1. The van der Waals surface area contributed by atoms with Gasteiger partial charge in [0.25, 0.3) is 12.3 Å². The standard InChI is InChI=1S/C18H14F2N6S.C5H9NO2/c19-16(20)10-26-9-13(8-22-26)23-18-21-7-6-14(25-18)15-11-27-17(24-15)12-4-2-1-3-5-12;1-6-3-2-4(7)5(6)8/h1-9,11,16H,10H2,(H,21,23,25);4,7H,2-3H2,1H3. The van der Waals surface area contributed by atoms with E-state index in [0.717, 1.165) is 16.3 Å². The number of anilines is 2. The summed E-state index contributed by atoms with van der Waals surface area (Å²) in [5.74, 6) is 0.198. The lowest BCUT2D eigenvalue weighted by molar-refractivity contribution is -0.133. The first-order valence-corrected chi connectivity index (χ1v) is 11.6. The summed E-state index contributed by atoms with van der Waals surface area (Å²) in [5, 5.41) is 18.5. The first kappa shape index (κ1) is 24.4. The number of halogens is 2. The van der Waals surface area contributed by atoms with Gasteiger partial charge in [-0.1, -0.05) is 30.3 Å². The number of aliphatic hydroxyl groups is 1. The van der Waals surface area contributed by atoms with Crippen LogP contribution in [0.2, 0.25) is 0 Å². The Labute approximate surface area is 204 Å². The molecule has 1 fully saturated rings. The van der Waals surface area contributed by atoms with Gasteiger partial charge in [0.15, 0.2) is 0 Å². The van der Waals surface area contributed by atoms with Crippen LogP contribution in [0.1, 0.15) is 6.42 Å². The van der Waals surface area contributed by atoms with Gasteiger partial charge in [0.05, 0.1) is 17.6 Å². The predicted molar refractivity (Wildman–Crippen MR) is 128 cm³/mol. The Balaban J connectivity index is 0.000000308. The number of rotatable bonds is 6. The normalized spacial score (nSPS) is 15.3. The van der Waals surface area contributed by atoms with Gasteiger partial charge in [0, 0.05) is 36.9 Å². The highest BCUT2D eigenvalue weighted by Gasteiger charge is 2.26. The molecule has 1 aliphatic rings. The van der Waals surface area contributed by atoms with Crippen molar-refractivity contribution in [1.82, 2.24) is 29.6 Å². The Morgan fingerprint density at radius 1 is 1.20 bits per heavy atom. The van der Waals surface area contributed by atoms with Crippen LogP contribution in [0.4, 0.5) is 20.4 Å². The number of hydrogen-bond donors (Lipinski definition) is 2. The Kier molecular flexibility index (Phi) is 7.73. The number of benzene rings is 1. The van der Waals surface area contributed by atoms with E-state index in [1.54, 1.807) is 30.6 Å². The molecule has 182 valence electrons. The van der Waals surface area contributed by atoms with Crippen molar-refractivity contribution in [1.29, 1.82) is 0 Å². The molecule has 1 atom stereocenters. The summed E-state index contributed by atoms with van der Waals surface area (Å²) >= 11 is 1.54. The van der Waals surface area contributed by atoms with E-state index in [1.807, 2.05) is 35.7 Å². The summed E-state index contributed by atoms with van der Waals surface area (Å²) in [6, 6.07) is 11.7. The molecule has 0 aliphatic carbocycles. The van der Waals surface area contributed by atoms with Crippen LogP contribution in [-0.4, -0.2) is 66.8 Å². The zero-order valence-corrected chi connectivity index (χ0v) is 19.6. The second kappa shape index (κ2) is 11.1. The summed E-state index contributed by atoms with van der Waals surface area (Å²) in [5.41, 5.74) is 3.01. The SMILES string of the molecule is CN1CCC(O)C1=O.FC(F)Cn1cc(Nc2nccc(-c3csc(-c4ccccc4)n3)n2)cn1. The molecule has 0 spiro atoms. The lowest BCUT2D eigenvalue weighted by Gasteiger charge is -2.04. The molecular weight excluding hydrogens is 476 g/mol. The molecule has 3 aromatic heterocycles. The van der Waals surface area contributed by atoms with Crippen LogP contribution in [0.3, 0.4) is 0 Å². The molecule has 5 rings (SSSR count). The van der Waals surface area contributed by atoms with Crippen LogP contribution in [-0.2, 0) is 11.3 Å². The maximum atomic E-state index is 12.4. The molecule has 1 saturated heterocycles. The minimum atomic E-state index is -2.46. The van der Waals surface area contributed by atoms with Crippen molar-refractivity contribution in [2.24, 2.45) is 0 Å². The molecule has 1 aliphatic heterocycles. The highest BCUT2D eigenvalue weighted by Crippen LogP contribution is 2.28. The lowest BCUT2D eigenvalue weighted by atomic mass is 10.2. The molecular formula is C23H23F2N7O2S. The Hall–Kier alpha value is -3.77. The molecule has 1 aromatic carbocycles. The molecule has 1 unspecified atom stereocenters. The molecule has 0 saturated carbocycles. The van der Waals surface area contributed by atoms with Gasteiger partial charge in [-0.25, -0.2) is 23.7 Å². The number of alkyl halides is 2. The quantitative estimate of drug-likeness (QED) is 0.417. The van der Waals surface area contributed by atoms with E-state index in [4.69, 9.17) is 5.11 Å². The van der Waals surface area contributed by atoms with Crippen LogP contribution in [0.15, 0.2) is 60.4 Å². The van der Waals surface area contributed by atoms with E-state index in [9.17, 15) is 13.6 Å². The van der Waals surface area contributed by atoms with Crippen LogP contribution in [0.5, 0.6) is 0 Å². The van der Waals surface area contributed by atoms with Crippen molar-refractivity contribution in [3.8, 4) is 22.0 Å². The van der Waals surface area contributed by atoms with Crippen molar-refractivity contribution in [2.75, 3.05) is 18.9 Å². The molecule has 2 N–H and O–H groups in total. The smallest absolute Gasteiger partial charge is 0.257 e. The van der Waals surface area contributed by atoms with Gasteiger partial charge in [0.2, 0.25) is 5.95 Å². The van der Waals surface area contributed by atoms with E-state index >= 15 is 0 Å². The molecule has 0 radical (unpaired) electrons. The number of aromatic nitrogens is 5. The second-order valence-corrected chi connectivity index (χ2v) is 8.56. The number of hydrogen-bond acceptors (Lipinski definition) is 8. The molecule has 4 heterocycles. The van der Waals surface area contributed by atoms with E-state index in [2.05, 4.69) is 25.4 Å². The van der Waals surface area contributed by atoms with Gasteiger partial charge >= 0.3 is 0 Å². The van der Waals surface area contributed by atoms with Crippen molar-refractivity contribution >= 4 is 28.9 Å². The lowest BCUT2D eigenvalue weighted by Crippen LogP contribution is -2.24. The van der Waals surface area contributed by atoms with Gasteiger partial charge in [-0.05, 0) is 12.5 Å². The molecule has 9 nitrogen and oxygen atoms in total. The van der Waals surface area contributed by atoms with E-state index in [-0.39, 0.29) is 5.91 Å². The molecule has 35 heavy (non-hydrogen) atoms. The van der Waals surface area contributed by atoms with E-state index < -0.39 is 19.1 Å². The summed E-state index contributed by atoms with van der Waals surface area (Å²) in [7, 11) is 1.69. The van der Waals surface area contributed by atoms with Crippen LogP contribution < -0.4 is 5.32 Å². The zero-order chi connectivity index (χ0) is 24.8. The van der Waals surface area contributed by atoms with Gasteiger partial charge in [0.1, 0.15) is 23.4 Å². The highest BCUT2D eigenvalue weighted by atomic mass is 32.1. The van der Waals surface area contributed by atoms with Gasteiger partial charge in [-0.2, -0.15) is 5.10 Å². The average Bonchev–Trinajstić information content (AvgIpc) is 3.58. The van der Waals surface area contributed by atoms with Crippen LogP contribution in [0.25, 0.3) is 22.0 Å². The van der Waals surface area contributed by atoms with Gasteiger partial charge in [-0.15, -0.1) is 11.3 Å². The van der Waals surface area contributed by atoms with Crippen molar-refractivity contribution < 1.29 is 18.7 Å². The number of likely N-dealkylation sites (tertiary alicyclic amines) is 1. The monoisotopic (exact) mass is 499 g/mol. The predicted octanol–water partition coefficient (Wildman–Crippen LogP) is 3.68. The summed E-state index contributed by atoms with van der Waals surface area (Å²) < 4.78 is 26.0. The number of thiazole rings is 1. The highest BCUT2D eigenvalue weighted by molar-refractivity contribution is 7.13. The Bertz CT molecular complexity index is 1250. The van der Waals surface area contributed by atoms with Crippen LogP contribution in [0, 0.1) is 0 Å². The Morgan fingerprint density at radius 3 is 2.66 bits per heavy atom. The zero-order valence-electron chi connectivity index (χ0n) is 18.8. The fraction of sp³-hybridized carbons (Fsp3) is 0.261. The fourth-order valence-electron chi connectivity index (χ4n) is 3.27. The van der Waals surface area contributed by atoms with Crippen molar-refractivity contribution in [3.05, 3.63) is 60.4 Å². The third-order valence-corrected chi connectivity index (χ3v) is 5.95. The number of amides is 1. The minimum absolute atomic E-state index is 0.148. The summed E-state index contributed by atoms with van der Waals surface area (Å²) in [6.45, 7) is 0.240. The number of likely N-dealkylation sites (N-methyl/N-ethyl adjacent to an activating group) is 1. The van der Waals surface area contributed by atoms with Crippen molar-refractivity contribution in [3.63, 3.8) is 0 Å². The fourth-order valence-corrected chi connectivity index (χ4v) is 4.09. The maximum Gasteiger partial charge on any atom is 0.257 e. The number of carbonyl (C=O) groups is 1. The first-order chi connectivity index (χ1) is 16.9. The third-order valence-electron chi connectivity index (χ3n) is 5.06. The first-order valence-electron chi connectivity index (χ1n) is 10.7. The largest absolute Gasteiger partial charge is 0.383 e. The molecule has 12 heteroatoms. The summed E-state index contributed by atoms with van der Waals surface area (Å²) in [6.07, 6.45) is 1.97. The molecule has 0 bridgehead atoms. The van der Waals surface area contributed by atoms with E-state index in [1.165, 1.54) is 22.0 Å². The maximum absolute atomic E-state index is 12.4. The average molecular weight is 500 g/mol. The Morgan fingerprint density at radius 2 is 2.00 bits per heavy atom. The van der Waals surface area contributed by atoms with Gasteiger partial charge < -0.3 is 15.3 Å². The van der Waals surface area contributed by atoms with Crippen molar-refractivity contribution in [2.45, 2.75) is 25.5 Å². The number of carbonyl (C=O) groups excluding carboxylic acids is 1. The number of nitrogens with zero attached hydrogens (tertiary/aromatic N) is 6. The minimum Gasteiger partial charge on any atom is -0.383 e. The van der Waals surface area contributed by atoms with E-state index in [0.29, 0.717) is 30.3 Å². The molecule has 1 amide bonds. The second-order valence-electron chi connectivity index (χ2n) is 7.70. The van der Waals surface area contributed by atoms with Crippen LogP contribution >= 0.6 is 11.3 Å². The molecule has 4 aromatic rings. The third kappa shape index (κ3) is 6.43. The summed E-state index contributed by atoms with van der Waals surface area (Å²) in [4.78, 5) is 25.4.